The van der Waals surface area contributed by atoms with Gasteiger partial charge in [-0.1, -0.05) is 23.7 Å². The second kappa shape index (κ2) is 8.70. The van der Waals surface area contributed by atoms with Gasteiger partial charge < -0.3 is 10.1 Å². The van der Waals surface area contributed by atoms with Crippen LogP contribution in [-0.2, 0) is 16.0 Å². The summed E-state index contributed by atoms with van der Waals surface area (Å²) in [5.41, 5.74) is 1.75. The highest BCUT2D eigenvalue weighted by Gasteiger charge is 2.10. The van der Waals surface area contributed by atoms with Gasteiger partial charge in [-0.25, -0.2) is 4.79 Å². The van der Waals surface area contributed by atoms with Gasteiger partial charge in [-0.15, -0.1) is 0 Å². The van der Waals surface area contributed by atoms with Crippen molar-refractivity contribution in [2.75, 3.05) is 13.2 Å². The van der Waals surface area contributed by atoms with E-state index in [-0.39, 0.29) is 12.5 Å². The number of amides is 1. The number of ether oxygens (including phenoxy) is 1. The lowest BCUT2D eigenvalue weighted by Gasteiger charge is -2.07. The molecule has 5 nitrogen and oxygen atoms in total. The topological polar surface area (TPSA) is 79.2 Å². The fraction of sp³-hybridized carbons (Fsp3) is 0.167. The number of benzene rings is 2. The molecule has 24 heavy (non-hydrogen) atoms. The summed E-state index contributed by atoms with van der Waals surface area (Å²) in [6.07, 6.45) is 0.635. The fourth-order valence-electron chi connectivity index (χ4n) is 1.99. The number of hydrogen-bond acceptors (Lipinski definition) is 4. The van der Waals surface area contributed by atoms with Crippen LogP contribution in [0.2, 0.25) is 5.02 Å². The third kappa shape index (κ3) is 5.41. The highest BCUT2D eigenvalue weighted by Crippen LogP contribution is 2.10. The molecule has 0 aromatic heterocycles. The number of nitriles is 1. The Morgan fingerprint density at radius 1 is 1.17 bits per heavy atom. The standard InChI is InChI=1S/C18H15ClN2O3/c19-16-3-1-2-13(10-16)8-9-21-17(22)12-24-18(23)15-6-4-14(11-20)5-7-15/h1-7,10H,8-9,12H2,(H,21,22). The minimum atomic E-state index is -0.607. The number of carbonyl (C=O) groups excluding carboxylic acids is 2. The van der Waals surface area contributed by atoms with Crippen molar-refractivity contribution in [1.82, 2.24) is 5.32 Å². The van der Waals surface area contributed by atoms with Gasteiger partial charge in [0.15, 0.2) is 6.61 Å². The Bertz CT molecular complexity index is 767. The molecule has 6 heteroatoms. The second-order valence-electron chi connectivity index (χ2n) is 5.00. The van der Waals surface area contributed by atoms with Crippen LogP contribution in [-0.4, -0.2) is 25.0 Å². The predicted octanol–water partition coefficient (Wildman–Crippen LogP) is 2.73. The maximum absolute atomic E-state index is 11.8. The van der Waals surface area contributed by atoms with E-state index >= 15 is 0 Å². The zero-order valence-corrected chi connectivity index (χ0v) is 13.5. The number of nitrogens with zero attached hydrogens (tertiary/aromatic N) is 1. The van der Waals surface area contributed by atoms with Crippen molar-refractivity contribution in [1.29, 1.82) is 5.26 Å². The third-order valence-corrected chi connectivity index (χ3v) is 3.44. The number of nitrogens with one attached hydrogen (secondary N) is 1. The summed E-state index contributed by atoms with van der Waals surface area (Å²) in [5, 5.41) is 12.0. The fourth-order valence-corrected chi connectivity index (χ4v) is 2.20. The van der Waals surface area contributed by atoms with E-state index in [2.05, 4.69) is 5.32 Å². The SMILES string of the molecule is N#Cc1ccc(C(=O)OCC(=O)NCCc2cccc(Cl)c2)cc1. The molecule has 1 N–H and O–H groups in total. The first kappa shape index (κ1) is 17.5. The summed E-state index contributed by atoms with van der Waals surface area (Å²) in [5.74, 6) is -0.983. The number of rotatable bonds is 6. The van der Waals surface area contributed by atoms with Crippen LogP contribution in [0.25, 0.3) is 0 Å². The Hall–Kier alpha value is -2.84. The normalized spacial score (nSPS) is 9.83. The van der Waals surface area contributed by atoms with E-state index in [4.69, 9.17) is 21.6 Å². The molecule has 2 aromatic carbocycles. The molecule has 0 saturated carbocycles. The van der Waals surface area contributed by atoms with E-state index in [9.17, 15) is 9.59 Å². The Morgan fingerprint density at radius 3 is 2.58 bits per heavy atom. The van der Waals surface area contributed by atoms with Gasteiger partial charge >= 0.3 is 5.97 Å². The molecule has 122 valence electrons. The summed E-state index contributed by atoms with van der Waals surface area (Å²) >= 11 is 5.89. The number of carbonyl (C=O) groups is 2. The lowest BCUT2D eigenvalue weighted by molar-refractivity contribution is -0.124. The van der Waals surface area contributed by atoms with Crippen LogP contribution in [0, 0.1) is 11.3 Å². The molecule has 1 amide bonds. The molecule has 0 fully saturated rings. The van der Waals surface area contributed by atoms with Crippen LogP contribution in [0.3, 0.4) is 0 Å². The molecular formula is C18H15ClN2O3. The zero-order chi connectivity index (χ0) is 17.4. The highest BCUT2D eigenvalue weighted by atomic mass is 35.5. The van der Waals surface area contributed by atoms with Crippen molar-refractivity contribution in [3.63, 3.8) is 0 Å². The first-order chi connectivity index (χ1) is 11.6. The molecule has 0 unspecified atom stereocenters. The van der Waals surface area contributed by atoms with Crippen LogP contribution in [0.5, 0.6) is 0 Å². The van der Waals surface area contributed by atoms with Crippen LogP contribution in [0.1, 0.15) is 21.5 Å². The Morgan fingerprint density at radius 2 is 1.92 bits per heavy atom. The molecular weight excluding hydrogens is 328 g/mol. The minimum absolute atomic E-state index is 0.292. The maximum atomic E-state index is 11.8. The molecule has 0 bridgehead atoms. The van der Waals surface area contributed by atoms with E-state index in [1.165, 1.54) is 24.3 Å². The van der Waals surface area contributed by atoms with Gasteiger partial charge in [-0.05, 0) is 48.4 Å². The highest BCUT2D eigenvalue weighted by molar-refractivity contribution is 6.30. The molecule has 2 aromatic rings. The molecule has 0 saturated heterocycles. The molecule has 0 radical (unpaired) electrons. The Labute approximate surface area is 144 Å². The van der Waals surface area contributed by atoms with Crippen LogP contribution < -0.4 is 5.32 Å². The van der Waals surface area contributed by atoms with Crippen molar-refractivity contribution < 1.29 is 14.3 Å². The quantitative estimate of drug-likeness (QED) is 0.819. The van der Waals surface area contributed by atoms with Crippen molar-refractivity contribution in [3.05, 3.63) is 70.2 Å². The van der Waals surface area contributed by atoms with Gasteiger partial charge in [0.05, 0.1) is 17.2 Å². The molecule has 0 atom stereocenters. The largest absolute Gasteiger partial charge is 0.452 e. The first-order valence-corrected chi connectivity index (χ1v) is 7.64. The number of hydrogen-bond donors (Lipinski definition) is 1. The van der Waals surface area contributed by atoms with Gasteiger partial charge in [0.1, 0.15) is 0 Å². The number of halogens is 1. The summed E-state index contributed by atoms with van der Waals surface area (Å²) in [4.78, 5) is 23.5. The molecule has 2 rings (SSSR count). The zero-order valence-electron chi connectivity index (χ0n) is 12.8. The van der Waals surface area contributed by atoms with E-state index in [1.54, 1.807) is 6.07 Å². The van der Waals surface area contributed by atoms with Crippen LogP contribution >= 0.6 is 11.6 Å². The monoisotopic (exact) mass is 342 g/mol. The summed E-state index contributed by atoms with van der Waals surface area (Å²) in [6.45, 7) is 0.0714. The predicted molar refractivity (Wildman–Crippen MR) is 89.6 cm³/mol. The number of esters is 1. The lowest BCUT2D eigenvalue weighted by atomic mass is 10.1. The van der Waals surface area contributed by atoms with Crippen molar-refractivity contribution in [2.45, 2.75) is 6.42 Å². The van der Waals surface area contributed by atoms with Crippen LogP contribution in [0.15, 0.2) is 48.5 Å². The van der Waals surface area contributed by atoms with Gasteiger partial charge in [-0.3, -0.25) is 4.79 Å². The molecule has 0 heterocycles. The summed E-state index contributed by atoms with van der Waals surface area (Å²) in [7, 11) is 0. The second-order valence-corrected chi connectivity index (χ2v) is 5.43. The van der Waals surface area contributed by atoms with Crippen molar-refractivity contribution >= 4 is 23.5 Å². The average molecular weight is 343 g/mol. The lowest BCUT2D eigenvalue weighted by Crippen LogP contribution is -2.30. The van der Waals surface area contributed by atoms with Gasteiger partial charge in [0, 0.05) is 11.6 Å². The van der Waals surface area contributed by atoms with Crippen LogP contribution in [0.4, 0.5) is 0 Å². The molecule has 0 aliphatic heterocycles. The van der Waals surface area contributed by atoms with E-state index in [0.29, 0.717) is 29.1 Å². The maximum Gasteiger partial charge on any atom is 0.338 e. The van der Waals surface area contributed by atoms with Gasteiger partial charge in [-0.2, -0.15) is 5.26 Å². The molecule has 0 spiro atoms. The van der Waals surface area contributed by atoms with E-state index in [1.807, 2.05) is 24.3 Å². The average Bonchev–Trinajstić information content (AvgIpc) is 2.60. The first-order valence-electron chi connectivity index (χ1n) is 7.27. The third-order valence-electron chi connectivity index (χ3n) is 3.21. The van der Waals surface area contributed by atoms with Crippen molar-refractivity contribution in [2.24, 2.45) is 0 Å². The summed E-state index contributed by atoms with van der Waals surface area (Å²) in [6, 6.07) is 15.3. The Kier molecular flexibility index (Phi) is 6.35. The smallest absolute Gasteiger partial charge is 0.338 e. The van der Waals surface area contributed by atoms with Gasteiger partial charge in [0.2, 0.25) is 0 Å². The minimum Gasteiger partial charge on any atom is -0.452 e. The Balaban J connectivity index is 1.72. The van der Waals surface area contributed by atoms with Gasteiger partial charge in [0.25, 0.3) is 5.91 Å². The van der Waals surface area contributed by atoms with E-state index < -0.39 is 5.97 Å². The summed E-state index contributed by atoms with van der Waals surface area (Å²) < 4.78 is 4.93. The van der Waals surface area contributed by atoms with Crippen molar-refractivity contribution in [3.8, 4) is 6.07 Å². The van der Waals surface area contributed by atoms with E-state index in [0.717, 1.165) is 5.56 Å². The molecule has 0 aliphatic carbocycles. The molecule has 0 aliphatic rings.